The average molecular weight is 305 g/mol. The minimum absolute atomic E-state index is 0.269. The van der Waals surface area contributed by atoms with Crippen LogP contribution in [0, 0.1) is 13.8 Å². The van der Waals surface area contributed by atoms with Gasteiger partial charge in [0, 0.05) is 12.3 Å². The molecule has 0 saturated heterocycles. The van der Waals surface area contributed by atoms with Crippen molar-refractivity contribution in [1.29, 1.82) is 0 Å². The predicted molar refractivity (Wildman–Crippen MR) is 80.6 cm³/mol. The number of aromatic nitrogens is 7. The molecule has 3 aromatic rings. The fraction of sp³-hybridized carbons (Fsp3) is 0.615. The molecule has 112 valence electrons. The summed E-state index contributed by atoms with van der Waals surface area (Å²) in [6.07, 6.45) is 1.95. The van der Waals surface area contributed by atoms with E-state index in [1.807, 2.05) is 23.0 Å². The Labute approximate surface area is 127 Å². The second-order valence-electron chi connectivity index (χ2n) is 5.29. The number of aryl methyl sites for hydroxylation is 3. The predicted octanol–water partition coefficient (Wildman–Crippen LogP) is 2.15. The summed E-state index contributed by atoms with van der Waals surface area (Å²) in [7, 11) is 0. The lowest BCUT2D eigenvalue weighted by atomic mass is 10.2. The van der Waals surface area contributed by atoms with Crippen molar-refractivity contribution in [2.24, 2.45) is 0 Å². The van der Waals surface area contributed by atoms with E-state index in [0.29, 0.717) is 0 Å². The summed E-state index contributed by atoms with van der Waals surface area (Å²) >= 11 is 1.60. The van der Waals surface area contributed by atoms with Gasteiger partial charge in [-0.2, -0.15) is 14.7 Å². The highest BCUT2D eigenvalue weighted by atomic mass is 32.1. The van der Waals surface area contributed by atoms with E-state index in [4.69, 9.17) is 0 Å². The summed E-state index contributed by atoms with van der Waals surface area (Å²) < 4.78 is 3.81. The zero-order chi connectivity index (χ0) is 15.0. The molecule has 0 aliphatic rings. The van der Waals surface area contributed by atoms with Crippen LogP contribution in [0.4, 0.5) is 0 Å². The lowest BCUT2D eigenvalue weighted by Crippen LogP contribution is -2.10. The van der Waals surface area contributed by atoms with Crippen LogP contribution in [0.5, 0.6) is 0 Å². The lowest BCUT2D eigenvalue weighted by Gasteiger charge is -2.08. The molecule has 0 fully saturated rings. The van der Waals surface area contributed by atoms with Gasteiger partial charge >= 0.3 is 0 Å². The number of fused-ring (bicyclic) bond motifs is 1. The van der Waals surface area contributed by atoms with Crippen LogP contribution < -0.4 is 0 Å². The third-order valence-electron chi connectivity index (χ3n) is 3.38. The van der Waals surface area contributed by atoms with Crippen LogP contribution in [0.25, 0.3) is 4.96 Å². The van der Waals surface area contributed by atoms with Gasteiger partial charge < -0.3 is 0 Å². The van der Waals surface area contributed by atoms with E-state index in [0.717, 1.165) is 46.8 Å². The third-order valence-corrected chi connectivity index (χ3v) is 4.51. The minimum Gasteiger partial charge on any atom is -0.249 e. The third kappa shape index (κ3) is 2.67. The fourth-order valence-corrected chi connectivity index (χ4v) is 3.22. The zero-order valence-corrected chi connectivity index (χ0v) is 13.6. The summed E-state index contributed by atoms with van der Waals surface area (Å²) in [5, 5.41) is 18.5. The van der Waals surface area contributed by atoms with Crippen molar-refractivity contribution in [3.8, 4) is 0 Å². The molecule has 0 N–H and O–H groups in total. The summed E-state index contributed by atoms with van der Waals surface area (Å²) in [4.78, 5) is 5.20. The Kier molecular flexibility index (Phi) is 3.71. The van der Waals surface area contributed by atoms with Crippen LogP contribution in [0.2, 0.25) is 0 Å². The molecule has 3 aromatic heterocycles. The summed E-state index contributed by atoms with van der Waals surface area (Å²) in [6, 6.07) is 0. The summed E-state index contributed by atoms with van der Waals surface area (Å²) in [5.41, 5.74) is 0. The van der Waals surface area contributed by atoms with Gasteiger partial charge in [-0.3, -0.25) is 0 Å². The molecule has 3 heterocycles. The molecule has 0 amide bonds. The highest BCUT2D eigenvalue weighted by molar-refractivity contribution is 7.16. The first kappa shape index (κ1) is 14.1. The van der Waals surface area contributed by atoms with Gasteiger partial charge in [0.15, 0.2) is 5.82 Å². The molecule has 7 nitrogen and oxygen atoms in total. The van der Waals surface area contributed by atoms with Gasteiger partial charge in [-0.15, -0.1) is 10.2 Å². The standard InChI is InChI=1S/C13H19N7S/c1-5-6-11-15-16-13-20(11)18-12(21-13)8(2)7-19-10(4)14-9(3)17-19/h8H,5-7H2,1-4H3/t8-/m0/s1. The molecule has 8 heteroatoms. The van der Waals surface area contributed by atoms with Crippen LogP contribution in [0.3, 0.4) is 0 Å². The van der Waals surface area contributed by atoms with E-state index in [1.54, 1.807) is 11.3 Å². The quantitative estimate of drug-likeness (QED) is 0.722. The molecule has 0 bridgehead atoms. The molecule has 0 aliphatic carbocycles. The fourth-order valence-electron chi connectivity index (χ4n) is 2.32. The maximum Gasteiger partial charge on any atom is 0.234 e. The smallest absolute Gasteiger partial charge is 0.234 e. The molecule has 21 heavy (non-hydrogen) atoms. The van der Waals surface area contributed by atoms with Gasteiger partial charge in [-0.25, -0.2) is 9.67 Å². The average Bonchev–Trinajstić information content (AvgIpc) is 3.07. The second-order valence-corrected chi connectivity index (χ2v) is 6.28. The first-order valence-electron chi connectivity index (χ1n) is 7.17. The van der Waals surface area contributed by atoms with Crippen LogP contribution in [-0.2, 0) is 13.0 Å². The van der Waals surface area contributed by atoms with Gasteiger partial charge in [0.05, 0.1) is 6.54 Å². The van der Waals surface area contributed by atoms with Gasteiger partial charge in [-0.1, -0.05) is 25.2 Å². The van der Waals surface area contributed by atoms with Crippen LogP contribution in [-0.4, -0.2) is 34.6 Å². The van der Waals surface area contributed by atoms with Crippen molar-refractivity contribution in [3.05, 3.63) is 22.5 Å². The molecular weight excluding hydrogens is 286 g/mol. The molecule has 0 spiro atoms. The Morgan fingerprint density at radius 3 is 2.67 bits per heavy atom. The van der Waals surface area contributed by atoms with Crippen LogP contribution in [0.15, 0.2) is 0 Å². The Morgan fingerprint density at radius 1 is 1.19 bits per heavy atom. The van der Waals surface area contributed by atoms with Gasteiger partial charge in [0.1, 0.15) is 16.7 Å². The Morgan fingerprint density at radius 2 is 2.00 bits per heavy atom. The summed E-state index contributed by atoms with van der Waals surface area (Å²) in [6.45, 7) is 8.95. The molecule has 1 atom stereocenters. The van der Waals surface area contributed by atoms with E-state index in [2.05, 4.69) is 39.2 Å². The largest absolute Gasteiger partial charge is 0.249 e. The van der Waals surface area contributed by atoms with Gasteiger partial charge in [0.2, 0.25) is 4.96 Å². The van der Waals surface area contributed by atoms with Gasteiger partial charge in [-0.05, 0) is 20.3 Å². The van der Waals surface area contributed by atoms with Crippen LogP contribution >= 0.6 is 11.3 Å². The Balaban J connectivity index is 1.84. The second kappa shape index (κ2) is 5.51. The van der Waals surface area contributed by atoms with Crippen molar-refractivity contribution < 1.29 is 0 Å². The maximum atomic E-state index is 4.67. The molecular formula is C13H19N7S. The highest BCUT2D eigenvalue weighted by Crippen LogP contribution is 2.24. The normalized spacial score (nSPS) is 13.1. The van der Waals surface area contributed by atoms with E-state index >= 15 is 0 Å². The first-order valence-corrected chi connectivity index (χ1v) is 7.99. The Hall–Kier alpha value is -1.83. The van der Waals surface area contributed by atoms with Crippen molar-refractivity contribution >= 4 is 16.3 Å². The molecule has 0 radical (unpaired) electrons. The maximum absolute atomic E-state index is 4.67. The molecule has 0 unspecified atom stereocenters. The minimum atomic E-state index is 0.269. The highest BCUT2D eigenvalue weighted by Gasteiger charge is 2.17. The molecule has 0 aliphatic heterocycles. The number of hydrogen-bond donors (Lipinski definition) is 0. The molecule has 3 rings (SSSR count). The van der Waals surface area contributed by atoms with Crippen molar-refractivity contribution in [3.63, 3.8) is 0 Å². The monoisotopic (exact) mass is 305 g/mol. The zero-order valence-electron chi connectivity index (χ0n) is 12.7. The first-order chi connectivity index (χ1) is 10.1. The number of hydrogen-bond acceptors (Lipinski definition) is 6. The number of nitrogens with zero attached hydrogens (tertiary/aromatic N) is 7. The van der Waals surface area contributed by atoms with E-state index in [9.17, 15) is 0 Å². The van der Waals surface area contributed by atoms with E-state index in [-0.39, 0.29) is 5.92 Å². The number of rotatable bonds is 5. The van der Waals surface area contributed by atoms with Crippen molar-refractivity contribution in [2.75, 3.05) is 0 Å². The van der Waals surface area contributed by atoms with Crippen molar-refractivity contribution in [2.45, 2.75) is 53.0 Å². The SMILES string of the molecule is CCCc1nnc2sc([C@@H](C)Cn3nc(C)nc3C)nn12. The van der Waals surface area contributed by atoms with Crippen LogP contribution in [0.1, 0.15) is 48.7 Å². The lowest BCUT2D eigenvalue weighted by molar-refractivity contribution is 0.521. The van der Waals surface area contributed by atoms with E-state index in [1.165, 1.54) is 0 Å². The van der Waals surface area contributed by atoms with Crippen molar-refractivity contribution in [1.82, 2.24) is 34.6 Å². The molecule has 0 aromatic carbocycles. The van der Waals surface area contributed by atoms with Gasteiger partial charge in [0.25, 0.3) is 0 Å². The van der Waals surface area contributed by atoms with E-state index < -0.39 is 0 Å². The topological polar surface area (TPSA) is 73.8 Å². The molecule has 0 saturated carbocycles. The summed E-state index contributed by atoms with van der Waals surface area (Å²) in [5.74, 6) is 2.96. The Bertz CT molecular complexity index is 754.